The van der Waals surface area contributed by atoms with E-state index in [1.807, 2.05) is 0 Å². The molecule has 58 valence electrons. The third-order valence-electron chi connectivity index (χ3n) is 2.72. The van der Waals surface area contributed by atoms with Gasteiger partial charge in [-0.3, -0.25) is 0 Å². The molecule has 1 fully saturated rings. The van der Waals surface area contributed by atoms with Gasteiger partial charge >= 0.3 is 0 Å². The zero-order valence-corrected chi connectivity index (χ0v) is 9.95. The normalized spacial score (nSPS) is 47.3. The molecule has 0 aromatic carbocycles. The monoisotopic (exact) mass is 182 g/mol. The topological polar surface area (TPSA) is 0 Å². The van der Waals surface area contributed by atoms with Gasteiger partial charge in [-0.15, -0.1) is 10.2 Å². The van der Waals surface area contributed by atoms with Crippen LogP contribution in [0, 0.1) is 0 Å². The molecule has 1 saturated heterocycles. The van der Waals surface area contributed by atoms with Crippen molar-refractivity contribution >= 4 is 23.4 Å². The Bertz CT molecular complexity index is 172. The molecule has 1 heterocycles. The first-order valence-corrected chi connectivity index (χ1v) is 13.1. The fourth-order valence-electron chi connectivity index (χ4n) is 0.886. The molecule has 0 nitrogen and oxygen atoms in total. The summed E-state index contributed by atoms with van der Waals surface area (Å²) >= 11 is 0. The van der Waals surface area contributed by atoms with Gasteiger partial charge in [-0.1, -0.05) is 13.1 Å². The predicted molar refractivity (Wildman–Crippen MR) is 56.4 cm³/mol. The van der Waals surface area contributed by atoms with Crippen molar-refractivity contribution in [1.29, 1.82) is 0 Å². The van der Waals surface area contributed by atoms with E-state index in [2.05, 4.69) is 48.4 Å². The first kappa shape index (κ1) is 8.02. The van der Waals surface area contributed by atoms with Gasteiger partial charge in [-0.2, -0.15) is 0 Å². The summed E-state index contributed by atoms with van der Waals surface area (Å²) in [6.07, 6.45) is 9.24. The maximum atomic E-state index is 2.51. The Kier molecular flexibility index (Phi) is 0.948. The Hall–Kier alpha value is 0.917. The molecule has 0 bridgehead atoms. The molecule has 0 atom stereocenters. The van der Waals surface area contributed by atoms with Gasteiger partial charge in [0, 0.05) is 0 Å². The van der Waals surface area contributed by atoms with E-state index in [9.17, 15) is 0 Å². The summed E-state index contributed by atoms with van der Waals surface area (Å²) in [5.41, 5.74) is 0. The van der Waals surface area contributed by atoms with E-state index in [4.69, 9.17) is 0 Å². The summed E-state index contributed by atoms with van der Waals surface area (Å²) in [6, 6.07) is 0. The largest absolute Gasteiger partial charge is 0.249 e. The first-order valence-electron chi connectivity index (χ1n) is 3.21. The second-order valence-corrected chi connectivity index (χ2v) is 36.3. The molecule has 0 saturated carbocycles. The molecule has 0 N–H and O–H groups in total. The van der Waals surface area contributed by atoms with Crippen LogP contribution < -0.4 is 0 Å². The average Bonchev–Trinajstić information content (AvgIpc) is 1.48. The highest BCUT2D eigenvalue weighted by molar-refractivity contribution is 9.50. The zero-order valence-electron chi connectivity index (χ0n) is 7.32. The highest BCUT2D eigenvalue weighted by Gasteiger charge is 2.74. The van der Waals surface area contributed by atoms with Crippen LogP contribution in [0.15, 0.2) is 0 Å². The molecule has 0 aromatic rings. The standard InChI is InChI=1S/C6H18S2Si/c1-8(2,3,4)7-9(8,5)6/h1-6H3. The quantitative estimate of drug-likeness (QED) is 0.315. The molecule has 1 aliphatic heterocycles. The second-order valence-electron chi connectivity index (χ2n) is 5.50. The van der Waals surface area contributed by atoms with Crippen LogP contribution in [-0.2, 0) is 0 Å². The molecule has 0 aliphatic carbocycles. The van der Waals surface area contributed by atoms with Gasteiger partial charge < -0.3 is 0 Å². The lowest BCUT2D eigenvalue weighted by molar-refractivity contribution is 1.93. The lowest BCUT2D eigenvalue weighted by Gasteiger charge is -2.52. The van der Waals surface area contributed by atoms with E-state index in [0.717, 1.165) is 0 Å². The summed E-state index contributed by atoms with van der Waals surface area (Å²) < 4.78 is 0. The van der Waals surface area contributed by atoms with Crippen molar-refractivity contribution in [2.45, 2.75) is 13.1 Å². The predicted octanol–water partition coefficient (Wildman–Crippen LogP) is 2.75. The van der Waals surface area contributed by atoms with Crippen LogP contribution in [0.1, 0.15) is 0 Å². The molecule has 0 amide bonds. The van der Waals surface area contributed by atoms with Crippen LogP contribution in [0.2, 0.25) is 13.1 Å². The van der Waals surface area contributed by atoms with Crippen LogP contribution >= 0.6 is 17.0 Å². The van der Waals surface area contributed by atoms with E-state index in [1.54, 1.807) is 0 Å². The summed E-state index contributed by atoms with van der Waals surface area (Å²) in [6.45, 7) is 3.59. The van der Waals surface area contributed by atoms with Crippen molar-refractivity contribution in [3.05, 3.63) is 0 Å². The van der Waals surface area contributed by atoms with Crippen molar-refractivity contribution in [1.82, 2.24) is 0 Å². The minimum atomic E-state index is -1.41. The van der Waals surface area contributed by atoms with E-state index in [0.29, 0.717) is 0 Å². The van der Waals surface area contributed by atoms with Gasteiger partial charge in [0.1, 0.15) is 0 Å². The Morgan fingerprint density at radius 2 is 1.11 bits per heavy atom. The van der Waals surface area contributed by atoms with Crippen molar-refractivity contribution in [2.24, 2.45) is 0 Å². The van der Waals surface area contributed by atoms with Crippen LogP contribution in [-0.4, -0.2) is 31.4 Å². The number of hydrogen-bond acceptors (Lipinski definition) is 1. The molecule has 0 radical (unpaired) electrons. The summed E-state index contributed by atoms with van der Waals surface area (Å²) in [7, 11) is 2.31. The lowest BCUT2D eigenvalue weighted by atomic mass is 11.8. The molecule has 1 aliphatic rings. The lowest BCUT2D eigenvalue weighted by Crippen LogP contribution is -2.25. The molecular formula is C6H18S2Si. The maximum Gasteiger partial charge on any atom is 0.159 e. The van der Waals surface area contributed by atoms with Gasteiger partial charge in [0.25, 0.3) is 0 Å². The van der Waals surface area contributed by atoms with E-state index in [-0.39, 0.29) is 0 Å². The Morgan fingerprint density at radius 1 is 1.00 bits per heavy atom. The minimum Gasteiger partial charge on any atom is -0.249 e. The van der Waals surface area contributed by atoms with Crippen molar-refractivity contribution in [2.75, 3.05) is 25.0 Å². The summed E-state index contributed by atoms with van der Waals surface area (Å²) in [5.74, 6) is 0. The van der Waals surface area contributed by atoms with E-state index >= 15 is 0 Å². The summed E-state index contributed by atoms with van der Waals surface area (Å²) in [5, 5.41) is 0. The van der Waals surface area contributed by atoms with Crippen LogP contribution in [0.3, 0.4) is 0 Å². The third kappa shape index (κ3) is 0.888. The Labute approximate surface area is 61.7 Å². The van der Waals surface area contributed by atoms with Crippen LogP contribution in [0.25, 0.3) is 0 Å². The van der Waals surface area contributed by atoms with Gasteiger partial charge in [0.05, 0.1) is 0 Å². The summed E-state index contributed by atoms with van der Waals surface area (Å²) in [4.78, 5) is 0. The maximum absolute atomic E-state index is 2.51. The van der Waals surface area contributed by atoms with E-state index < -0.39 is 13.1 Å². The van der Waals surface area contributed by atoms with Gasteiger partial charge in [0.2, 0.25) is 0 Å². The van der Waals surface area contributed by atoms with Crippen molar-refractivity contribution < 1.29 is 0 Å². The Morgan fingerprint density at radius 3 is 1.11 bits per heavy atom. The minimum absolute atomic E-state index is 0.802. The number of hydrogen-bond donors (Lipinski definition) is 0. The molecule has 9 heavy (non-hydrogen) atoms. The highest BCUT2D eigenvalue weighted by atomic mass is 33.5. The fraction of sp³-hybridized carbons (Fsp3) is 1.00. The number of rotatable bonds is 0. The molecule has 1 rings (SSSR count). The van der Waals surface area contributed by atoms with Gasteiger partial charge in [-0.25, -0.2) is 6.78 Å². The molecule has 0 aromatic heterocycles. The van der Waals surface area contributed by atoms with Crippen LogP contribution in [0.5, 0.6) is 0 Å². The zero-order chi connectivity index (χ0) is 7.62. The molecule has 3 heteroatoms. The van der Waals surface area contributed by atoms with E-state index in [1.165, 1.54) is 0 Å². The highest BCUT2D eigenvalue weighted by Crippen LogP contribution is 3.10. The smallest absolute Gasteiger partial charge is 0.159 e. The molecule has 0 spiro atoms. The average molecular weight is 182 g/mol. The van der Waals surface area contributed by atoms with Gasteiger partial charge in [0.15, 0.2) is 6.37 Å². The Balaban J connectivity index is 3.11. The van der Waals surface area contributed by atoms with Crippen molar-refractivity contribution in [3.8, 4) is 0 Å². The second kappa shape index (κ2) is 1.06. The first-order chi connectivity index (χ1) is 3.48. The van der Waals surface area contributed by atoms with Crippen LogP contribution in [0.4, 0.5) is 0 Å². The molecular weight excluding hydrogens is 164 g/mol. The third-order valence-corrected chi connectivity index (χ3v) is 43.9. The fourth-order valence-corrected chi connectivity index (χ4v) is 35.8. The van der Waals surface area contributed by atoms with Gasteiger partial charge in [-0.05, 0) is 25.0 Å². The molecule has 0 unspecified atom stereocenters. The van der Waals surface area contributed by atoms with Crippen molar-refractivity contribution in [3.63, 3.8) is 0 Å². The SMILES string of the molecule is C[Si]1(C)SS1(C)(C)(C)C.